The maximum Gasteiger partial charge on any atom is 0.232 e. The number of H-pyrrole nitrogens is 1. The lowest BCUT2D eigenvalue weighted by Gasteiger charge is -1.78. The van der Waals surface area contributed by atoms with E-state index in [0.717, 1.165) is 11.6 Å². The summed E-state index contributed by atoms with van der Waals surface area (Å²) in [7, 11) is 0. The number of hydrogen-bond donors (Lipinski definition) is 1. The van der Waals surface area contributed by atoms with Gasteiger partial charge >= 0.3 is 0 Å². The highest BCUT2D eigenvalue weighted by atomic mass is 15.3. The van der Waals surface area contributed by atoms with Crippen molar-refractivity contribution < 1.29 is 0 Å². The Kier molecular flexibility index (Phi) is 0.677. The molecule has 0 atom stereocenters. The van der Waals surface area contributed by atoms with Gasteiger partial charge in [0.25, 0.3) is 0 Å². The molecule has 0 bridgehead atoms. The summed E-state index contributed by atoms with van der Waals surface area (Å²) in [6.45, 7) is 1.91. The van der Waals surface area contributed by atoms with Gasteiger partial charge in [-0.3, -0.25) is 4.40 Å². The van der Waals surface area contributed by atoms with Gasteiger partial charge < -0.3 is 4.98 Å². The van der Waals surface area contributed by atoms with Crippen LogP contribution in [-0.4, -0.2) is 19.6 Å². The number of fused-ring (bicyclic) bond motifs is 1. The van der Waals surface area contributed by atoms with E-state index >= 15 is 0 Å². The van der Waals surface area contributed by atoms with Crippen LogP contribution in [0.3, 0.4) is 0 Å². The number of nitrogens with zero attached hydrogens (tertiary/aromatic N) is 3. The van der Waals surface area contributed by atoms with Crippen molar-refractivity contribution in [1.29, 1.82) is 0 Å². The van der Waals surface area contributed by atoms with Gasteiger partial charge in [-0.1, -0.05) is 0 Å². The third-order valence-corrected chi connectivity index (χ3v) is 1.30. The second-order valence-corrected chi connectivity index (χ2v) is 1.90. The van der Waals surface area contributed by atoms with Crippen LogP contribution in [-0.2, 0) is 0 Å². The van der Waals surface area contributed by atoms with Crippen molar-refractivity contribution in [2.45, 2.75) is 6.92 Å². The Morgan fingerprint density at radius 2 is 2.44 bits per heavy atom. The highest BCUT2D eigenvalue weighted by molar-refractivity contribution is 5.26. The number of imidazole rings is 1. The molecule has 0 radical (unpaired) electrons. The fourth-order valence-corrected chi connectivity index (χ4v) is 0.833. The first-order chi connectivity index (χ1) is 4.38. The van der Waals surface area contributed by atoms with Crippen molar-refractivity contribution in [3.63, 3.8) is 0 Å². The Bertz CT molecular complexity index is 318. The number of aryl methyl sites for hydroxylation is 1. The number of nitrogens with one attached hydrogen (secondary N) is 1. The lowest BCUT2D eigenvalue weighted by molar-refractivity contribution is 1.01. The first-order valence-electron chi connectivity index (χ1n) is 2.72. The summed E-state index contributed by atoms with van der Waals surface area (Å²) in [4.78, 5) is 2.93. The molecule has 0 fully saturated rings. The van der Waals surface area contributed by atoms with E-state index in [1.165, 1.54) is 0 Å². The van der Waals surface area contributed by atoms with Crippen LogP contribution in [0, 0.1) is 6.92 Å². The Labute approximate surface area is 51.5 Å². The SMILES string of the molecule is Cc1nnc2[nH]ccn12. The van der Waals surface area contributed by atoms with Crippen molar-refractivity contribution in [2.24, 2.45) is 0 Å². The van der Waals surface area contributed by atoms with E-state index in [4.69, 9.17) is 0 Å². The largest absolute Gasteiger partial charge is 0.329 e. The summed E-state index contributed by atoms with van der Waals surface area (Å²) in [5, 5.41) is 7.67. The average Bonchev–Trinajstić information content (AvgIpc) is 2.35. The Morgan fingerprint density at radius 3 is 3.22 bits per heavy atom. The maximum absolute atomic E-state index is 3.84. The molecule has 9 heavy (non-hydrogen) atoms. The van der Waals surface area contributed by atoms with E-state index in [2.05, 4.69) is 15.2 Å². The Morgan fingerprint density at radius 1 is 1.56 bits per heavy atom. The number of aromatic amines is 1. The molecule has 0 spiro atoms. The van der Waals surface area contributed by atoms with E-state index < -0.39 is 0 Å². The first-order valence-corrected chi connectivity index (χ1v) is 2.72. The first kappa shape index (κ1) is 4.55. The van der Waals surface area contributed by atoms with Crippen LogP contribution in [0.15, 0.2) is 12.4 Å². The van der Waals surface area contributed by atoms with Crippen molar-refractivity contribution in [3.05, 3.63) is 18.2 Å². The summed E-state index contributed by atoms with van der Waals surface area (Å²) < 4.78 is 1.89. The zero-order chi connectivity index (χ0) is 6.27. The molecule has 0 aliphatic heterocycles. The third kappa shape index (κ3) is 0.468. The zero-order valence-electron chi connectivity index (χ0n) is 5.00. The van der Waals surface area contributed by atoms with Crippen molar-refractivity contribution >= 4 is 5.78 Å². The van der Waals surface area contributed by atoms with E-state index in [0.29, 0.717) is 0 Å². The molecule has 2 heterocycles. The molecule has 0 saturated carbocycles. The molecule has 2 aromatic heterocycles. The van der Waals surface area contributed by atoms with Crippen LogP contribution in [0.2, 0.25) is 0 Å². The highest BCUT2D eigenvalue weighted by Gasteiger charge is 1.96. The molecule has 0 aliphatic rings. The lowest BCUT2D eigenvalue weighted by atomic mass is 10.7. The summed E-state index contributed by atoms with van der Waals surface area (Å²) in [5.41, 5.74) is 0. The third-order valence-electron chi connectivity index (χ3n) is 1.30. The molecule has 2 rings (SSSR count). The maximum atomic E-state index is 3.84. The van der Waals surface area contributed by atoms with Crippen molar-refractivity contribution in [2.75, 3.05) is 0 Å². The second kappa shape index (κ2) is 1.34. The lowest BCUT2D eigenvalue weighted by Crippen LogP contribution is -1.79. The van der Waals surface area contributed by atoms with E-state index in [9.17, 15) is 0 Å². The van der Waals surface area contributed by atoms with Crippen molar-refractivity contribution in [3.8, 4) is 0 Å². The van der Waals surface area contributed by atoms with Gasteiger partial charge in [-0.2, -0.15) is 0 Å². The smallest absolute Gasteiger partial charge is 0.232 e. The van der Waals surface area contributed by atoms with Crippen LogP contribution in [0.4, 0.5) is 0 Å². The van der Waals surface area contributed by atoms with Gasteiger partial charge in [-0.25, -0.2) is 0 Å². The minimum Gasteiger partial charge on any atom is -0.329 e. The van der Waals surface area contributed by atoms with Gasteiger partial charge in [0.2, 0.25) is 5.78 Å². The Hall–Kier alpha value is -1.32. The quantitative estimate of drug-likeness (QED) is 0.548. The zero-order valence-corrected chi connectivity index (χ0v) is 5.00. The number of hydrogen-bond acceptors (Lipinski definition) is 2. The van der Waals surface area contributed by atoms with Gasteiger partial charge in [0.1, 0.15) is 5.82 Å². The highest BCUT2D eigenvalue weighted by Crippen LogP contribution is 1.96. The van der Waals surface area contributed by atoms with Crippen LogP contribution in [0.25, 0.3) is 5.78 Å². The van der Waals surface area contributed by atoms with Crippen LogP contribution in [0.1, 0.15) is 5.82 Å². The summed E-state index contributed by atoms with van der Waals surface area (Å²) in [6.07, 6.45) is 3.72. The molecular weight excluding hydrogens is 116 g/mol. The molecule has 0 aromatic carbocycles. The molecule has 0 amide bonds. The monoisotopic (exact) mass is 122 g/mol. The number of aromatic nitrogens is 4. The fourth-order valence-electron chi connectivity index (χ4n) is 0.833. The van der Waals surface area contributed by atoms with E-state index in [-0.39, 0.29) is 0 Å². The topological polar surface area (TPSA) is 46.0 Å². The molecule has 0 unspecified atom stereocenters. The van der Waals surface area contributed by atoms with E-state index in [1.807, 2.05) is 23.7 Å². The second-order valence-electron chi connectivity index (χ2n) is 1.90. The van der Waals surface area contributed by atoms with Gasteiger partial charge in [-0.05, 0) is 6.92 Å². The molecule has 2 aromatic rings. The van der Waals surface area contributed by atoms with Crippen LogP contribution in [0.5, 0.6) is 0 Å². The molecule has 1 N–H and O–H groups in total. The summed E-state index contributed by atoms with van der Waals surface area (Å²) in [6, 6.07) is 0. The van der Waals surface area contributed by atoms with Crippen molar-refractivity contribution in [1.82, 2.24) is 19.6 Å². The Balaban J connectivity index is 2.99. The molecule has 0 saturated heterocycles. The molecule has 4 nitrogen and oxygen atoms in total. The number of rotatable bonds is 0. The van der Waals surface area contributed by atoms with Gasteiger partial charge in [0.15, 0.2) is 0 Å². The molecule has 46 valence electrons. The molecule has 4 heteroatoms. The normalized spacial score (nSPS) is 10.8. The summed E-state index contributed by atoms with van der Waals surface area (Å²) in [5.74, 6) is 1.71. The standard InChI is InChI=1S/C5H6N4/c1-4-7-8-5-6-2-3-9(4)5/h2-3H,1H3,(H,6,8). The molecule has 0 aliphatic carbocycles. The van der Waals surface area contributed by atoms with Gasteiger partial charge in [0.05, 0.1) is 0 Å². The van der Waals surface area contributed by atoms with E-state index in [1.54, 1.807) is 0 Å². The minimum absolute atomic E-state index is 0.799. The minimum atomic E-state index is 0.799. The molecular formula is C5H6N4. The van der Waals surface area contributed by atoms with Gasteiger partial charge in [0, 0.05) is 12.4 Å². The predicted molar refractivity (Wildman–Crippen MR) is 32.1 cm³/mol. The van der Waals surface area contributed by atoms with Gasteiger partial charge in [-0.15, -0.1) is 10.2 Å². The fraction of sp³-hybridized carbons (Fsp3) is 0.200. The average molecular weight is 122 g/mol. The van der Waals surface area contributed by atoms with Crippen LogP contribution < -0.4 is 0 Å². The summed E-state index contributed by atoms with van der Waals surface area (Å²) >= 11 is 0. The predicted octanol–water partition coefficient (Wildman–Crippen LogP) is 0.366. The van der Waals surface area contributed by atoms with Crippen LogP contribution >= 0.6 is 0 Å².